The van der Waals surface area contributed by atoms with Crippen LogP contribution in [-0.4, -0.2) is 13.7 Å². The Balaban J connectivity index is 2.40. The summed E-state index contributed by atoms with van der Waals surface area (Å²) in [4.78, 5) is 0. The third-order valence-electron chi connectivity index (χ3n) is 3.78. The van der Waals surface area contributed by atoms with Gasteiger partial charge < -0.3 is 10.5 Å². The van der Waals surface area contributed by atoms with E-state index in [9.17, 15) is 8.78 Å². The zero-order chi connectivity index (χ0) is 12.5. The van der Waals surface area contributed by atoms with Crippen molar-refractivity contribution >= 4 is 0 Å². The molecule has 1 aliphatic carbocycles. The van der Waals surface area contributed by atoms with E-state index in [1.807, 2.05) is 6.07 Å². The van der Waals surface area contributed by atoms with Crippen molar-refractivity contribution in [3.63, 3.8) is 0 Å². The lowest BCUT2D eigenvalue weighted by molar-refractivity contribution is 0.146. The van der Waals surface area contributed by atoms with Crippen molar-refractivity contribution < 1.29 is 13.5 Å². The van der Waals surface area contributed by atoms with Gasteiger partial charge in [-0.25, -0.2) is 8.78 Å². The van der Waals surface area contributed by atoms with Gasteiger partial charge in [0, 0.05) is 12.0 Å². The molecule has 0 saturated heterocycles. The Hall–Kier alpha value is -1.16. The smallest absolute Gasteiger partial charge is 0.267 e. The van der Waals surface area contributed by atoms with Crippen LogP contribution in [0.1, 0.15) is 36.8 Å². The molecule has 0 aromatic heterocycles. The molecule has 0 unspecified atom stereocenters. The van der Waals surface area contributed by atoms with Crippen molar-refractivity contribution in [1.82, 2.24) is 0 Å². The Morgan fingerprint density at radius 1 is 1.41 bits per heavy atom. The van der Waals surface area contributed by atoms with E-state index in [4.69, 9.17) is 10.5 Å². The molecule has 1 aromatic rings. The summed E-state index contributed by atoms with van der Waals surface area (Å²) in [6.45, 7) is 0.516. The third-order valence-corrected chi connectivity index (χ3v) is 3.78. The van der Waals surface area contributed by atoms with E-state index in [1.54, 1.807) is 12.1 Å². The quantitative estimate of drug-likeness (QED) is 0.879. The molecule has 0 aliphatic heterocycles. The molecule has 0 radical (unpaired) electrons. The van der Waals surface area contributed by atoms with Crippen LogP contribution in [0, 0.1) is 0 Å². The number of nitrogens with two attached hydrogens (primary N) is 1. The summed E-state index contributed by atoms with van der Waals surface area (Å²) in [5.41, 5.74) is 6.57. The first kappa shape index (κ1) is 12.3. The largest absolute Gasteiger partial charge is 0.496 e. The summed E-state index contributed by atoms with van der Waals surface area (Å²) in [5, 5.41) is 0. The molecule has 1 aromatic carbocycles. The second-order valence-corrected chi connectivity index (χ2v) is 4.60. The monoisotopic (exact) mass is 241 g/mol. The van der Waals surface area contributed by atoms with Crippen molar-refractivity contribution in [1.29, 1.82) is 0 Å². The predicted octanol–water partition coefficient (Wildman–Crippen LogP) is 3.01. The van der Waals surface area contributed by atoms with E-state index in [2.05, 4.69) is 0 Å². The van der Waals surface area contributed by atoms with Gasteiger partial charge in [0.2, 0.25) is 0 Å². The summed E-state index contributed by atoms with van der Waals surface area (Å²) in [5.74, 6) is 0.246. The van der Waals surface area contributed by atoms with Crippen LogP contribution >= 0.6 is 0 Å². The SMILES string of the molecule is COc1ccc(C2(CN)CCC2)cc1C(F)F. The second kappa shape index (κ2) is 4.61. The van der Waals surface area contributed by atoms with E-state index in [0.717, 1.165) is 24.8 Å². The molecule has 94 valence electrons. The molecular weight excluding hydrogens is 224 g/mol. The number of halogens is 2. The van der Waals surface area contributed by atoms with Crippen LogP contribution in [0.15, 0.2) is 18.2 Å². The Labute approximate surface area is 99.8 Å². The first-order valence-corrected chi connectivity index (χ1v) is 5.79. The van der Waals surface area contributed by atoms with Crippen LogP contribution in [0.5, 0.6) is 5.75 Å². The summed E-state index contributed by atoms with van der Waals surface area (Å²) in [6, 6.07) is 5.03. The lowest BCUT2D eigenvalue weighted by atomic mass is 9.64. The minimum atomic E-state index is -2.51. The number of benzene rings is 1. The highest BCUT2D eigenvalue weighted by Crippen LogP contribution is 2.44. The number of rotatable bonds is 4. The zero-order valence-corrected chi connectivity index (χ0v) is 9.88. The van der Waals surface area contributed by atoms with Crippen molar-refractivity contribution in [2.24, 2.45) is 5.73 Å². The van der Waals surface area contributed by atoms with Gasteiger partial charge in [0.25, 0.3) is 6.43 Å². The Morgan fingerprint density at radius 3 is 2.53 bits per heavy atom. The molecule has 1 fully saturated rings. The van der Waals surface area contributed by atoms with Crippen molar-refractivity contribution in [2.75, 3.05) is 13.7 Å². The summed E-state index contributed by atoms with van der Waals surface area (Å²) < 4.78 is 30.7. The first-order chi connectivity index (χ1) is 8.13. The minimum absolute atomic E-state index is 0.0373. The van der Waals surface area contributed by atoms with Gasteiger partial charge in [-0.1, -0.05) is 12.5 Å². The van der Waals surface area contributed by atoms with Crippen LogP contribution < -0.4 is 10.5 Å². The fourth-order valence-electron chi connectivity index (χ4n) is 2.45. The number of methoxy groups -OCH3 is 1. The summed E-state index contributed by atoms with van der Waals surface area (Å²) >= 11 is 0. The molecule has 0 bridgehead atoms. The normalized spacial score (nSPS) is 17.9. The van der Waals surface area contributed by atoms with Gasteiger partial charge >= 0.3 is 0 Å². The van der Waals surface area contributed by atoms with Crippen LogP contribution in [0.2, 0.25) is 0 Å². The van der Waals surface area contributed by atoms with E-state index in [-0.39, 0.29) is 16.7 Å². The lowest BCUT2D eigenvalue weighted by Crippen LogP contribution is -2.41. The maximum Gasteiger partial charge on any atom is 0.267 e. The molecular formula is C13H17F2NO. The molecule has 0 amide bonds. The molecule has 1 aliphatic rings. The van der Waals surface area contributed by atoms with Gasteiger partial charge in [0.05, 0.1) is 12.7 Å². The summed E-state index contributed by atoms with van der Waals surface area (Å²) in [6.07, 6.45) is 0.573. The van der Waals surface area contributed by atoms with E-state index < -0.39 is 6.43 Å². The van der Waals surface area contributed by atoms with Crippen molar-refractivity contribution in [3.05, 3.63) is 29.3 Å². The van der Waals surface area contributed by atoms with Crippen LogP contribution in [0.3, 0.4) is 0 Å². The molecule has 17 heavy (non-hydrogen) atoms. The Bertz CT molecular complexity index is 397. The molecule has 2 rings (SSSR count). The molecule has 4 heteroatoms. The van der Waals surface area contributed by atoms with Gasteiger partial charge in [-0.05, 0) is 30.5 Å². The van der Waals surface area contributed by atoms with E-state index >= 15 is 0 Å². The maximum atomic E-state index is 12.9. The fourth-order valence-corrected chi connectivity index (χ4v) is 2.45. The lowest BCUT2D eigenvalue weighted by Gasteiger charge is -2.41. The number of alkyl halides is 2. The van der Waals surface area contributed by atoms with Crippen molar-refractivity contribution in [2.45, 2.75) is 31.1 Å². The topological polar surface area (TPSA) is 35.2 Å². The van der Waals surface area contributed by atoms with Gasteiger partial charge in [0.15, 0.2) is 0 Å². The number of hydrogen-bond donors (Lipinski definition) is 1. The summed E-state index contributed by atoms with van der Waals surface area (Å²) in [7, 11) is 1.41. The molecule has 2 N–H and O–H groups in total. The van der Waals surface area contributed by atoms with Crippen LogP contribution in [0.4, 0.5) is 8.78 Å². The Kier molecular flexibility index (Phi) is 3.33. The zero-order valence-electron chi connectivity index (χ0n) is 9.88. The molecule has 0 atom stereocenters. The first-order valence-electron chi connectivity index (χ1n) is 5.79. The molecule has 0 spiro atoms. The minimum Gasteiger partial charge on any atom is -0.496 e. The predicted molar refractivity (Wildman–Crippen MR) is 62.5 cm³/mol. The Morgan fingerprint density at radius 2 is 2.12 bits per heavy atom. The van der Waals surface area contributed by atoms with E-state index in [0.29, 0.717) is 6.54 Å². The highest BCUT2D eigenvalue weighted by Gasteiger charge is 2.37. The van der Waals surface area contributed by atoms with Gasteiger partial charge in [-0.2, -0.15) is 0 Å². The maximum absolute atomic E-state index is 12.9. The number of hydrogen-bond acceptors (Lipinski definition) is 2. The number of ether oxygens (including phenoxy) is 1. The second-order valence-electron chi connectivity index (χ2n) is 4.60. The highest BCUT2D eigenvalue weighted by atomic mass is 19.3. The van der Waals surface area contributed by atoms with Crippen LogP contribution in [-0.2, 0) is 5.41 Å². The average molecular weight is 241 g/mol. The highest BCUT2D eigenvalue weighted by molar-refractivity contribution is 5.42. The standard InChI is InChI=1S/C13H17F2NO/c1-17-11-4-3-9(7-10(11)12(14)15)13(8-16)5-2-6-13/h3-4,7,12H,2,5-6,8,16H2,1H3. The molecule has 1 saturated carbocycles. The third kappa shape index (κ3) is 2.02. The van der Waals surface area contributed by atoms with Gasteiger partial charge in [-0.3, -0.25) is 0 Å². The molecule has 2 nitrogen and oxygen atoms in total. The van der Waals surface area contributed by atoms with Gasteiger partial charge in [0.1, 0.15) is 5.75 Å². The van der Waals surface area contributed by atoms with Crippen molar-refractivity contribution in [3.8, 4) is 5.75 Å². The fraction of sp³-hybridized carbons (Fsp3) is 0.538. The van der Waals surface area contributed by atoms with Crippen LogP contribution in [0.25, 0.3) is 0 Å². The molecule has 0 heterocycles. The average Bonchev–Trinajstić information content (AvgIpc) is 2.28. The van der Waals surface area contributed by atoms with Gasteiger partial charge in [-0.15, -0.1) is 0 Å². The van der Waals surface area contributed by atoms with E-state index in [1.165, 1.54) is 7.11 Å².